The highest BCUT2D eigenvalue weighted by Crippen LogP contribution is 2.52. The van der Waals surface area contributed by atoms with Crippen LogP contribution in [0, 0.1) is 37.5 Å². The number of nitrogens with zero attached hydrogens (tertiary/aromatic N) is 3. The number of fused-ring (bicyclic) bond motifs is 5. The molecule has 0 spiro atoms. The second kappa shape index (κ2) is 6.27. The molecule has 0 N–H and O–H groups in total. The fraction of sp³-hybridized carbons (Fsp3) is 0.318. The highest BCUT2D eigenvalue weighted by molar-refractivity contribution is 9.10. The summed E-state index contributed by atoms with van der Waals surface area (Å²) in [6.07, 6.45) is 6.76. The lowest BCUT2D eigenvalue weighted by molar-refractivity contribution is -0.140. The van der Waals surface area contributed by atoms with Crippen molar-refractivity contribution in [1.82, 2.24) is 9.58 Å². The Morgan fingerprint density at radius 2 is 1.75 bits per heavy atom. The van der Waals surface area contributed by atoms with E-state index in [0.717, 1.165) is 38.5 Å². The zero-order valence-corrected chi connectivity index (χ0v) is 17.3. The summed E-state index contributed by atoms with van der Waals surface area (Å²) in [6, 6.07) is 10.1. The molecule has 4 atom stereocenters. The van der Waals surface area contributed by atoms with Gasteiger partial charge in [-0.3, -0.25) is 9.59 Å². The third-order valence-electron chi connectivity index (χ3n) is 6.30. The molecule has 0 unspecified atom stereocenters. The van der Waals surface area contributed by atoms with E-state index in [0.29, 0.717) is 0 Å². The van der Waals surface area contributed by atoms with Gasteiger partial charge in [-0.25, -0.2) is 0 Å². The zero-order chi connectivity index (χ0) is 19.6. The minimum absolute atomic E-state index is 0.149. The van der Waals surface area contributed by atoms with Crippen LogP contribution in [-0.4, -0.2) is 27.6 Å². The van der Waals surface area contributed by atoms with Crippen LogP contribution in [0.4, 0.5) is 0 Å². The second-order valence-electron chi connectivity index (χ2n) is 7.87. The summed E-state index contributed by atoms with van der Waals surface area (Å²) in [6.45, 7) is 4.05. The first-order valence-electron chi connectivity index (χ1n) is 9.50. The van der Waals surface area contributed by atoms with Gasteiger partial charge in [0.05, 0.1) is 18.1 Å². The Kier molecular flexibility index (Phi) is 3.95. The maximum atomic E-state index is 12.8. The van der Waals surface area contributed by atoms with Crippen molar-refractivity contribution in [2.45, 2.75) is 20.3 Å². The van der Waals surface area contributed by atoms with E-state index in [9.17, 15) is 9.59 Å². The number of carbonyl (C=O) groups is 2. The highest BCUT2D eigenvalue weighted by atomic mass is 79.9. The van der Waals surface area contributed by atoms with Gasteiger partial charge in [-0.1, -0.05) is 34.1 Å². The SMILES string of the molecule is Cc1cc(C=NN2C(=O)[C@@H]3[C@H](C2=O)[C@H]2C=C[C@H]3C2)c(C)n1-c1cccc(Br)c1. The molecule has 1 aliphatic heterocycles. The Bertz CT molecular complexity index is 1040. The number of carbonyl (C=O) groups excluding carboxylic acids is 2. The lowest BCUT2D eigenvalue weighted by atomic mass is 9.85. The van der Waals surface area contributed by atoms with E-state index >= 15 is 0 Å². The molecular weight excluding hydrogens is 418 g/mol. The van der Waals surface area contributed by atoms with E-state index in [-0.39, 0.29) is 35.5 Å². The van der Waals surface area contributed by atoms with Crippen molar-refractivity contribution in [2.24, 2.45) is 28.8 Å². The quantitative estimate of drug-likeness (QED) is 0.413. The van der Waals surface area contributed by atoms with Gasteiger partial charge in [-0.05, 0) is 56.4 Å². The van der Waals surface area contributed by atoms with E-state index in [1.54, 1.807) is 6.21 Å². The van der Waals surface area contributed by atoms with Gasteiger partial charge >= 0.3 is 0 Å². The second-order valence-corrected chi connectivity index (χ2v) is 8.79. The first kappa shape index (κ1) is 17.6. The largest absolute Gasteiger partial charge is 0.318 e. The lowest BCUT2D eigenvalue weighted by Gasteiger charge is -2.13. The summed E-state index contributed by atoms with van der Waals surface area (Å²) >= 11 is 3.52. The molecule has 2 aromatic rings. The summed E-state index contributed by atoms with van der Waals surface area (Å²) in [5.41, 5.74) is 4.03. The normalized spacial score (nSPS) is 28.2. The van der Waals surface area contributed by atoms with Crippen LogP contribution in [0.2, 0.25) is 0 Å². The molecule has 5 nitrogen and oxygen atoms in total. The van der Waals surface area contributed by atoms with Gasteiger partial charge in [0.25, 0.3) is 11.8 Å². The fourth-order valence-electron chi connectivity index (χ4n) is 5.05. The number of amides is 2. The number of hydrazone groups is 1. The topological polar surface area (TPSA) is 54.7 Å². The van der Waals surface area contributed by atoms with Gasteiger partial charge in [-0.15, -0.1) is 0 Å². The number of hydrogen-bond acceptors (Lipinski definition) is 3. The molecule has 6 heteroatoms. The maximum absolute atomic E-state index is 12.8. The van der Waals surface area contributed by atoms with E-state index < -0.39 is 0 Å². The fourth-order valence-corrected chi connectivity index (χ4v) is 5.44. The molecule has 2 heterocycles. The third-order valence-corrected chi connectivity index (χ3v) is 6.79. The van der Waals surface area contributed by atoms with E-state index in [4.69, 9.17) is 0 Å². The number of halogens is 1. The molecule has 2 fully saturated rings. The minimum Gasteiger partial charge on any atom is -0.318 e. The van der Waals surface area contributed by atoms with Gasteiger partial charge < -0.3 is 4.57 Å². The third kappa shape index (κ3) is 2.47. The van der Waals surface area contributed by atoms with Crippen LogP contribution in [-0.2, 0) is 9.59 Å². The first-order valence-corrected chi connectivity index (χ1v) is 10.3. The van der Waals surface area contributed by atoms with Gasteiger partial charge in [0, 0.05) is 27.1 Å². The highest BCUT2D eigenvalue weighted by Gasteiger charge is 2.59. The van der Waals surface area contributed by atoms with E-state index in [1.165, 1.54) is 0 Å². The summed E-state index contributed by atoms with van der Waals surface area (Å²) < 4.78 is 3.15. The zero-order valence-electron chi connectivity index (χ0n) is 15.7. The Morgan fingerprint density at radius 1 is 1.07 bits per heavy atom. The van der Waals surface area contributed by atoms with Crippen LogP contribution in [0.15, 0.2) is 52.1 Å². The molecule has 1 saturated heterocycles. The molecule has 0 radical (unpaired) electrons. The maximum Gasteiger partial charge on any atom is 0.254 e. The minimum atomic E-state index is -0.214. The Labute approximate surface area is 171 Å². The van der Waals surface area contributed by atoms with Crippen LogP contribution < -0.4 is 0 Å². The predicted molar refractivity (Wildman–Crippen MR) is 110 cm³/mol. The van der Waals surface area contributed by atoms with Crippen molar-refractivity contribution in [2.75, 3.05) is 0 Å². The number of imide groups is 1. The monoisotopic (exact) mass is 437 g/mol. The summed E-state index contributed by atoms with van der Waals surface area (Å²) in [7, 11) is 0. The summed E-state index contributed by atoms with van der Waals surface area (Å²) in [4.78, 5) is 25.5. The summed E-state index contributed by atoms with van der Waals surface area (Å²) in [5, 5.41) is 5.42. The molecule has 1 saturated carbocycles. The average molecular weight is 438 g/mol. The standard InChI is InChI=1S/C22H20BrN3O2/c1-12-8-16(13(2)25(12)18-5-3-4-17(23)10-18)11-24-26-21(27)19-14-6-7-15(9-14)20(19)22(26)28/h3-8,10-11,14-15,19-20H,9H2,1-2H3/t14-,15-,19-,20+/m0/s1. The first-order chi connectivity index (χ1) is 13.5. The Hall–Kier alpha value is -2.47. The van der Waals surface area contributed by atoms with Crippen molar-refractivity contribution in [3.63, 3.8) is 0 Å². The van der Waals surface area contributed by atoms with Gasteiger partial charge in [-0.2, -0.15) is 10.1 Å². The van der Waals surface area contributed by atoms with Crippen LogP contribution >= 0.6 is 15.9 Å². The van der Waals surface area contributed by atoms with Crippen molar-refractivity contribution in [3.05, 3.63) is 63.9 Å². The molecule has 28 heavy (non-hydrogen) atoms. The van der Waals surface area contributed by atoms with Crippen LogP contribution in [0.3, 0.4) is 0 Å². The molecule has 1 aromatic carbocycles. The molecule has 5 rings (SSSR count). The molecule has 2 bridgehead atoms. The summed E-state index contributed by atoms with van der Waals surface area (Å²) in [5.74, 6) is -0.322. The number of hydrogen-bond donors (Lipinski definition) is 0. The smallest absolute Gasteiger partial charge is 0.254 e. The average Bonchev–Trinajstić information content (AvgIpc) is 3.39. The Balaban J connectivity index is 1.45. The van der Waals surface area contributed by atoms with Crippen LogP contribution in [0.1, 0.15) is 23.4 Å². The van der Waals surface area contributed by atoms with Gasteiger partial charge in [0.15, 0.2) is 0 Å². The van der Waals surface area contributed by atoms with Crippen LogP contribution in [0.5, 0.6) is 0 Å². The number of aromatic nitrogens is 1. The number of rotatable bonds is 3. The van der Waals surface area contributed by atoms with Crippen molar-refractivity contribution in [3.8, 4) is 5.69 Å². The van der Waals surface area contributed by atoms with Gasteiger partial charge in [0.2, 0.25) is 0 Å². The van der Waals surface area contributed by atoms with Gasteiger partial charge in [0.1, 0.15) is 0 Å². The molecule has 142 valence electrons. The number of allylic oxidation sites excluding steroid dienone is 2. The molecular formula is C22H20BrN3O2. The molecule has 1 aromatic heterocycles. The lowest BCUT2D eigenvalue weighted by Crippen LogP contribution is -2.28. The van der Waals surface area contributed by atoms with Crippen molar-refractivity contribution < 1.29 is 9.59 Å². The number of benzene rings is 1. The van der Waals surface area contributed by atoms with Crippen molar-refractivity contribution in [1.29, 1.82) is 0 Å². The van der Waals surface area contributed by atoms with Crippen molar-refractivity contribution >= 4 is 34.0 Å². The molecule has 2 amide bonds. The van der Waals surface area contributed by atoms with Crippen LogP contribution in [0.25, 0.3) is 5.69 Å². The predicted octanol–water partition coefficient (Wildman–Crippen LogP) is 4.00. The van der Waals surface area contributed by atoms with E-state index in [2.05, 4.69) is 43.8 Å². The Morgan fingerprint density at radius 3 is 2.39 bits per heavy atom. The molecule has 2 aliphatic carbocycles. The van der Waals surface area contributed by atoms with E-state index in [1.807, 2.05) is 38.1 Å². The molecule has 3 aliphatic rings. The number of aryl methyl sites for hydroxylation is 1.